The molecule has 4 aliphatic rings. The fourth-order valence-electron chi connectivity index (χ4n) is 5.38. The summed E-state index contributed by atoms with van der Waals surface area (Å²) in [6.45, 7) is 0. The number of rotatable bonds is 3. The fraction of sp³-hybridized carbons (Fsp3) is 0.600. The topological polar surface area (TPSA) is 49.4 Å². The van der Waals surface area contributed by atoms with E-state index in [4.69, 9.17) is 0 Å². The summed E-state index contributed by atoms with van der Waals surface area (Å²) in [6, 6.07) is 7.61. The van der Waals surface area contributed by atoms with Crippen LogP contribution in [-0.4, -0.2) is 30.1 Å². The zero-order valence-electron chi connectivity index (χ0n) is 14.9. The molecule has 1 aromatic rings. The smallest absolute Gasteiger partial charge is 0.285 e. The fourth-order valence-corrected chi connectivity index (χ4v) is 6.03. The summed E-state index contributed by atoms with van der Waals surface area (Å²) in [7, 11) is 3.49. The monoisotopic (exact) mass is 358 g/mol. The Kier molecular flexibility index (Phi) is 4.52. The first-order valence-corrected chi connectivity index (χ1v) is 10.1. The highest BCUT2D eigenvalue weighted by Crippen LogP contribution is 2.56. The van der Waals surface area contributed by atoms with Gasteiger partial charge in [-0.3, -0.25) is 9.59 Å². The molecule has 0 spiro atoms. The van der Waals surface area contributed by atoms with E-state index in [0.717, 1.165) is 22.4 Å². The van der Waals surface area contributed by atoms with Crippen molar-refractivity contribution in [2.75, 3.05) is 19.4 Å². The van der Waals surface area contributed by atoms with Gasteiger partial charge in [-0.25, -0.2) is 0 Å². The van der Waals surface area contributed by atoms with Gasteiger partial charge in [-0.2, -0.15) is 0 Å². The number of nitrogens with one attached hydrogen (secondary N) is 1. The summed E-state index contributed by atoms with van der Waals surface area (Å²) in [5.41, 5.74) is 0.834. The summed E-state index contributed by atoms with van der Waals surface area (Å²) in [5, 5.41) is 3.13. The van der Waals surface area contributed by atoms with Crippen LogP contribution >= 0.6 is 11.8 Å². The van der Waals surface area contributed by atoms with Crippen molar-refractivity contribution in [2.45, 2.75) is 37.0 Å². The Morgan fingerprint density at radius 3 is 2.04 bits per heavy atom. The van der Waals surface area contributed by atoms with E-state index in [1.54, 1.807) is 19.0 Å². The van der Waals surface area contributed by atoms with E-state index in [1.807, 2.05) is 24.3 Å². The predicted octanol–water partition coefficient (Wildman–Crippen LogP) is 4.47. The van der Waals surface area contributed by atoms with Crippen LogP contribution in [0.4, 0.5) is 10.5 Å². The Hall–Kier alpha value is -1.49. The van der Waals surface area contributed by atoms with E-state index in [1.165, 1.54) is 43.9 Å². The summed E-state index contributed by atoms with van der Waals surface area (Å²) < 4.78 is 0. The minimum Gasteiger partial charge on any atom is -0.339 e. The van der Waals surface area contributed by atoms with Crippen LogP contribution in [0.15, 0.2) is 29.2 Å². The lowest BCUT2D eigenvalue weighted by Gasteiger charge is -2.53. The number of amides is 2. The van der Waals surface area contributed by atoms with Gasteiger partial charge >= 0.3 is 0 Å². The molecule has 4 saturated carbocycles. The second-order valence-electron chi connectivity index (χ2n) is 8.23. The van der Waals surface area contributed by atoms with Gasteiger partial charge in [0, 0.05) is 30.6 Å². The van der Waals surface area contributed by atoms with Gasteiger partial charge in [0.2, 0.25) is 5.91 Å². The van der Waals surface area contributed by atoms with Crippen LogP contribution in [-0.2, 0) is 4.79 Å². The minimum absolute atomic E-state index is 0.00498. The molecule has 25 heavy (non-hydrogen) atoms. The van der Waals surface area contributed by atoms with E-state index >= 15 is 0 Å². The standard InChI is InChI=1S/C20H26N2O2S/c1-22(2)20(24)25-17-5-3-16(4-6-17)21-19(23)18-14-8-12-7-13(10-14)11-15(18)9-12/h3-6,12-15,18H,7-11H2,1-2H3,(H,21,23). The van der Waals surface area contributed by atoms with Gasteiger partial charge < -0.3 is 10.2 Å². The summed E-state index contributed by atoms with van der Waals surface area (Å²) in [5.74, 6) is 3.39. The normalized spacial score (nSPS) is 32.5. The summed E-state index contributed by atoms with van der Waals surface area (Å²) in [4.78, 5) is 27.1. The highest BCUT2D eigenvalue weighted by molar-refractivity contribution is 8.13. The Labute approximate surface area is 153 Å². The van der Waals surface area contributed by atoms with Crippen LogP contribution in [0, 0.1) is 29.6 Å². The van der Waals surface area contributed by atoms with Crippen LogP contribution in [0.25, 0.3) is 0 Å². The third kappa shape index (κ3) is 3.43. The lowest BCUT2D eigenvalue weighted by Crippen LogP contribution is -2.49. The molecule has 0 radical (unpaired) electrons. The molecule has 4 aliphatic carbocycles. The first-order chi connectivity index (χ1) is 12.0. The molecule has 5 rings (SSSR count). The maximum atomic E-state index is 12.9. The molecule has 0 heterocycles. The van der Waals surface area contributed by atoms with E-state index in [9.17, 15) is 9.59 Å². The average Bonchev–Trinajstić information content (AvgIpc) is 2.55. The number of anilines is 1. The van der Waals surface area contributed by atoms with E-state index in [0.29, 0.717) is 11.8 Å². The third-order valence-corrected chi connectivity index (χ3v) is 7.27. The molecule has 4 fully saturated rings. The van der Waals surface area contributed by atoms with Crippen LogP contribution in [0.2, 0.25) is 0 Å². The molecule has 4 bridgehead atoms. The Bertz CT molecular complexity index is 643. The number of thioether (sulfide) groups is 1. The van der Waals surface area contributed by atoms with Gasteiger partial charge in [0.05, 0.1) is 0 Å². The quantitative estimate of drug-likeness (QED) is 0.811. The maximum Gasteiger partial charge on any atom is 0.285 e. The molecule has 1 N–H and O–H groups in total. The molecule has 0 saturated heterocycles. The van der Waals surface area contributed by atoms with Crippen LogP contribution < -0.4 is 5.32 Å². The molecule has 5 heteroatoms. The number of carbonyl (C=O) groups excluding carboxylic acids is 2. The molecule has 0 unspecified atom stereocenters. The largest absolute Gasteiger partial charge is 0.339 e. The van der Waals surface area contributed by atoms with Crippen molar-refractivity contribution >= 4 is 28.6 Å². The molecular formula is C20H26N2O2S. The molecular weight excluding hydrogens is 332 g/mol. The highest BCUT2D eigenvalue weighted by atomic mass is 32.2. The number of hydrogen-bond acceptors (Lipinski definition) is 3. The summed E-state index contributed by atoms with van der Waals surface area (Å²) in [6.07, 6.45) is 6.44. The Morgan fingerprint density at radius 1 is 0.960 bits per heavy atom. The van der Waals surface area contributed by atoms with Gasteiger partial charge in [0.1, 0.15) is 0 Å². The van der Waals surface area contributed by atoms with Crippen molar-refractivity contribution in [3.8, 4) is 0 Å². The molecule has 0 atom stereocenters. The molecule has 2 amide bonds. The van der Waals surface area contributed by atoms with Crippen molar-refractivity contribution in [2.24, 2.45) is 29.6 Å². The van der Waals surface area contributed by atoms with Crippen molar-refractivity contribution in [1.29, 1.82) is 0 Å². The zero-order valence-corrected chi connectivity index (χ0v) is 15.7. The zero-order chi connectivity index (χ0) is 17.6. The molecule has 4 nitrogen and oxygen atoms in total. The van der Waals surface area contributed by atoms with Crippen molar-refractivity contribution < 1.29 is 9.59 Å². The van der Waals surface area contributed by atoms with Gasteiger partial charge in [0.25, 0.3) is 5.24 Å². The highest BCUT2D eigenvalue weighted by Gasteiger charge is 2.50. The Morgan fingerprint density at radius 2 is 1.52 bits per heavy atom. The van der Waals surface area contributed by atoms with Gasteiger partial charge in [-0.1, -0.05) is 0 Å². The Balaban J connectivity index is 1.39. The molecule has 1 aromatic carbocycles. The average molecular weight is 359 g/mol. The first-order valence-electron chi connectivity index (χ1n) is 9.29. The maximum absolute atomic E-state index is 12.9. The van der Waals surface area contributed by atoms with Crippen LogP contribution in [0.5, 0.6) is 0 Å². The van der Waals surface area contributed by atoms with E-state index in [-0.39, 0.29) is 17.1 Å². The van der Waals surface area contributed by atoms with Gasteiger partial charge in [-0.15, -0.1) is 0 Å². The lowest BCUT2D eigenvalue weighted by molar-refractivity contribution is -0.132. The minimum atomic E-state index is 0.00498. The van der Waals surface area contributed by atoms with Gasteiger partial charge in [0.15, 0.2) is 0 Å². The second-order valence-corrected chi connectivity index (χ2v) is 9.26. The molecule has 0 aromatic heterocycles. The first kappa shape index (κ1) is 17.0. The summed E-state index contributed by atoms with van der Waals surface area (Å²) >= 11 is 1.20. The number of benzene rings is 1. The van der Waals surface area contributed by atoms with Crippen LogP contribution in [0.3, 0.4) is 0 Å². The van der Waals surface area contributed by atoms with Gasteiger partial charge in [-0.05, 0) is 91.8 Å². The van der Waals surface area contributed by atoms with Crippen molar-refractivity contribution in [1.82, 2.24) is 4.90 Å². The van der Waals surface area contributed by atoms with Crippen molar-refractivity contribution in [3.63, 3.8) is 0 Å². The second kappa shape index (κ2) is 6.67. The number of carbonyl (C=O) groups is 2. The molecule has 0 aliphatic heterocycles. The lowest BCUT2D eigenvalue weighted by atomic mass is 9.51. The predicted molar refractivity (Wildman–Crippen MR) is 101 cm³/mol. The van der Waals surface area contributed by atoms with E-state index < -0.39 is 0 Å². The number of hydrogen-bond donors (Lipinski definition) is 1. The van der Waals surface area contributed by atoms with E-state index in [2.05, 4.69) is 5.32 Å². The van der Waals surface area contributed by atoms with Crippen molar-refractivity contribution in [3.05, 3.63) is 24.3 Å². The molecule has 134 valence electrons. The SMILES string of the molecule is CN(C)C(=O)Sc1ccc(NC(=O)C2C3CC4CC(C3)CC2C4)cc1. The number of nitrogens with zero attached hydrogens (tertiary/aromatic N) is 1. The van der Waals surface area contributed by atoms with Crippen LogP contribution in [0.1, 0.15) is 32.1 Å². The third-order valence-electron chi connectivity index (χ3n) is 6.22.